The lowest BCUT2D eigenvalue weighted by atomic mass is 9.82. The second-order valence-corrected chi connectivity index (χ2v) is 7.99. The average molecular weight is 310 g/mol. The van der Waals surface area contributed by atoms with Crippen LogP contribution in [0.1, 0.15) is 72.6 Å². The van der Waals surface area contributed by atoms with Gasteiger partial charge in [0.2, 0.25) is 0 Å². The first kappa shape index (κ1) is 17.6. The molecule has 2 aliphatic rings. The van der Waals surface area contributed by atoms with E-state index in [1.54, 1.807) is 0 Å². The van der Waals surface area contributed by atoms with Crippen LogP contribution in [0.2, 0.25) is 0 Å². The smallest absolute Gasteiger partial charge is 0.410 e. The molecule has 1 saturated carbocycles. The molecule has 0 spiro atoms. The molecule has 1 aliphatic carbocycles. The summed E-state index contributed by atoms with van der Waals surface area (Å²) in [7, 11) is 0. The highest BCUT2D eigenvalue weighted by atomic mass is 16.6. The van der Waals surface area contributed by atoms with Crippen LogP contribution in [-0.2, 0) is 4.74 Å². The summed E-state index contributed by atoms with van der Waals surface area (Å²) < 4.78 is 5.48. The number of hydrogen-bond donors (Lipinski definition) is 1. The molecular formula is C18H34N2O2. The van der Waals surface area contributed by atoms with Gasteiger partial charge in [0.25, 0.3) is 0 Å². The average Bonchev–Trinajstić information content (AvgIpc) is 2.92. The molecule has 4 heteroatoms. The standard InChI is InChI=1S/C18H34N2O2/c1-5-16(14-9-7-6-8-10-14)19-15-11-12-20(13-15)17(21)22-18(2,3)4/h14-16,19H,5-13H2,1-4H3. The molecule has 1 aliphatic heterocycles. The van der Waals surface area contributed by atoms with Gasteiger partial charge in [-0.15, -0.1) is 0 Å². The van der Waals surface area contributed by atoms with Gasteiger partial charge < -0.3 is 15.0 Å². The van der Waals surface area contributed by atoms with Gasteiger partial charge in [-0.2, -0.15) is 0 Å². The third kappa shape index (κ3) is 5.15. The number of carbonyl (C=O) groups excluding carboxylic acids is 1. The fourth-order valence-corrected chi connectivity index (χ4v) is 3.82. The van der Waals surface area contributed by atoms with Crippen LogP contribution in [0.25, 0.3) is 0 Å². The molecule has 0 aromatic heterocycles. The van der Waals surface area contributed by atoms with Crippen molar-refractivity contribution in [3.63, 3.8) is 0 Å². The monoisotopic (exact) mass is 310 g/mol. The Bertz CT molecular complexity index is 359. The van der Waals surface area contributed by atoms with Crippen molar-refractivity contribution < 1.29 is 9.53 Å². The molecule has 0 bridgehead atoms. The zero-order valence-electron chi connectivity index (χ0n) is 14.9. The van der Waals surface area contributed by atoms with Crippen LogP contribution < -0.4 is 5.32 Å². The highest BCUT2D eigenvalue weighted by molar-refractivity contribution is 5.68. The lowest BCUT2D eigenvalue weighted by Crippen LogP contribution is -2.45. The number of ether oxygens (including phenoxy) is 1. The summed E-state index contributed by atoms with van der Waals surface area (Å²) in [6.07, 6.45) is 8.98. The van der Waals surface area contributed by atoms with Gasteiger partial charge in [-0.05, 0) is 52.4 Å². The molecule has 2 rings (SSSR count). The van der Waals surface area contributed by atoms with Crippen LogP contribution in [0.4, 0.5) is 4.79 Å². The number of nitrogens with zero attached hydrogens (tertiary/aromatic N) is 1. The molecule has 22 heavy (non-hydrogen) atoms. The van der Waals surface area contributed by atoms with Gasteiger partial charge in [-0.1, -0.05) is 26.2 Å². The molecule has 0 aromatic rings. The Morgan fingerprint density at radius 2 is 1.91 bits per heavy atom. The zero-order chi connectivity index (χ0) is 16.2. The van der Waals surface area contributed by atoms with Gasteiger partial charge >= 0.3 is 6.09 Å². The highest BCUT2D eigenvalue weighted by Crippen LogP contribution is 2.28. The summed E-state index contributed by atoms with van der Waals surface area (Å²) in [5.41, 5.74) is -0.406. The third-order valence-corrected chi connectivity index (χ3v) is 4.95. The Hall–Kier alpha value is -0.770. The molecule has 2 unspecified atom stereocenters. The van der Waals surface area contributed by atoms with Crippen molar-refractivity contribution in [3.05, 3.63) is 0 Å². The summed E-state index contributed by atoms with van der Waals surface area (Å²) in [6, 6.07) is 1.04. The molecule has 128 valence electrons. The van der Waals surface area contributed by atoms with E-state index in [4.69, 9.17) is 4.74 Å². The minimum absolute atomic E-state index is 0.164. The normalized spacial score (nSPS) is 25.3. The van der Waals surface area contributed by atoms with Crippen LogP contribution in [0.15, 0.2) is 0 Å². The quantitative estimate of drug-likeness (QED) is 0.855. The van der Waals surface area contributed by atoms with Crippen molar-refractivity contribution in [1.29, 1.82) is 0 Å². The van der Waals surface area contributed by atoms with Crippen molar-refractivity contribution in [3.8, 4) is 0 Å². The topological polar surface area (TPSA) is 41.6 Å². The Morgan fingerprint density at radius 3 is 2.50 bits per heavy atom. The summed E-state index contributed by atoms with van der Waals surface area (Å²) >= 11 is 0. The van der Waals surface area contributed by atoms with Crippen LogP contribution in [0.5, 0.6) is 0 Å². The second-order valence-electron chi connectivity index (χ2n) is 7.99. The SMILES string of the molecule is CCC(NC1CCN(C(=O)OC(C)(C)C)C1)C1CCCCC1. The van der Waals surface area contributed by atoms with Crippen molar-refractivity contribution in [2.45, 2.75) is 90.3 Å². The highest BCUT2D eigenvalue weighted by Gasteiger charge is 2.32. The maximum absolute atomic E-state index is 12.1. The number of amides is 1. The Morgan fingerprint density at radius 1 is 1.23 bits per heavy atom. The molecule has 1 saturated heterocycles. The van der Waals surface area contributed by atoms with Crippen molar-refractivity contribution >= 4 is 6.09 Å². The van der Waals surface area contributed by atoms with E-state index in [1.807, 2.05) is 25.7 Å². The van der Waals surface area contributed by atoms with Gasteiger partial charge in [0.05, 0.1) is 0 Å². The number of rotatable bonds is 4. The van der Waals surface area contributed by atoms with Crippen LogP contribution in [0.3, 0.4) is 0 Å². The minimum Gasteiger partial charge on any atom is -0.444 e. The summed E-state index contributed by atoms with van der Waals surface area (Å²) in [5.74, 6) is 0.828. The molecule has 1 amide bonds. The van der Waals surface area contributed by atoms with Gasteiger partial charge in [-0.3, -0.25) is 0 Å². The largest absolute Gasteiger partial charge is 0.444 e. The van der Waals surface area contributed by atoms with Crippen LogP contribution in [-0.4, -0.2) is 41.8 Å². The van der Waals surface area contributed by atoms with E-state index in [-0.39, 0.29) is 6.09 Å². The van der Waals surface area contributed by atoms with Crippen molar-refractivity contribution in [2.24, 2.45) is 5.92 Å². The van der Waals surface area contributed by atoms with E-state index in [0.29, 0.717) is 12.1 Å². The van der Waals surface area contributed by atoms with E-state index in [9.17, 15) is 4.79 Å². The first-order valence-corrected chi connectivity index (χ1v) is 9.13. The summed E-state index contributed by atoms with van der Waals surface area (Å²) in [4.78, 5) is 14.0. The Kier molecular flexibility index (Phi) is 6.13. The third-order valence-electron chi connectivity index (χ3n) is 4.95. The number of likely N-dealkylation sites (tertiary alicyclic amines) is 1. The van der Waals surface area contributed by atoms with E-state index in [0.717, 1.165) is 25.4 Å². The molecule has 0 aromatic carbocycles. The fraction of sp³-hybridized carbons (Fsp3) is 0.944. The maximum atomic E-state index is 12.1. The van der Waals surface area contributed by atoms with Crippen molar-refractivity contribution in [2.75, 3.05) is 13.1 Å². The number of hydrogen-bond acceptors (Lipinski definition) is 3. The zero-order valence-corrected chi connectivity index (χ0v) is 14.9. The van der Waals surface area contributed by atoms with Crippen LogP contribution >= 0.6 is 0 Å². The Labute approximate surface area is 136 Å². The molecule has 2 fully saturated rings. The first-order valence-electron chi connectivity index (χ1n) is 9.13. The molecular weight excluding hydrogens is 276 g/mol. The fourth-order valence-electron chi connectivity index (χ4n) is 3.82. The lowest BCUT2D eigenvalue weighted by molar-refractivity contribution is 0.0289. The summed E-state index contributed by atoms with van der Waals surface area (Å²) in [6.45, 7) is 9.66. The summed E-state index contributed by atoms with van der Waals surface area (Å²) in [5, 5.41) is 3.83. The number of carbonyl (C=O) groups is 1. The maximum Gasteiger partial charge on any atom is 0.410 e. The molecule has 1 N–H and O–H groups in total. The minimum atomic E-state index is -0.406. The molecule has 1 heterocycles. The number of nitrogens with one attached hydrogen (secondary N) is 1. The van der Waals surface area contributed by atoms with E-state index in [1.165, 1.54) is 38.5 Å². The molecule has 4 nitrogen and oxygen atoms in total. The lowest BCUT2D eigenvalue weighted by Gasteiger charge is -2.32. The first-order chi connectivity index (χ1) is 10.4. The van der Waals surface area contributed by atoms with E-state index >= 15 is 0 Å². The van der Waals surface area contributed by atoms with Crippen LogP contribution in [0, 0.1) is 5.92 Å². The van der Waals surface area contributed by atoms with Gasteiger partial charge in [0.15, 0.2) is 0 Å². The van der Waals surface area contributed by atoms with E-state index < -0.39 is 5.60 Å². The predicted octanol–water partition coefficient (Wildman–Crippen LogP) is 3.94. The van der Waals surface area contributed by atoms with Gasteiger partial charge in [0.1, 0.15) is 5.60 Å². The predicted molar refractivity (Wildman–Crippen MR) is 90.0 cm³/mol. The van der Waals surface area contributed by atoms with Crippen molar-refractivity contribution in [1.82, 2.24) is 10.2 Å². The second kappa shape index (κ2) is 7.67. The Balaban J connectivity index is 1.80. The van der Waals surface area contributed by atoms with Gasteiger partial charge in [0, 0.05) is 25.2 Å². The van der Waals surface area contributed by atoms with E-state index in [2.05, 4.69) is 12.2 Å². The van der Waals surface area contributed by atoms with Gasteiger partial charge in [-0.25, -0.2) is 4.79 Å². The molecule has 0 radical (unpaired) electrons. The molecule has 2 atom stereocenters.